The molecule has 0 aliphatic rings. The average molecular weight is 285 g/mol. The van der Waals surface area contributed by atoms with E-state index in [1.54, 1.807) is 0 Å². The molecule has 5 nitrogen and oxygen atoms in total. The maximum atomic E-state index is 11.0. The highest BCUT2D eigenvalue weighted by atomic mass is 16.6. The van der Waals surface area contributed by atoms with E-state index < -0.39 is 0 Å². The van der Waals surface area contributed by atoms with Crippen LogP contribution >= 0.6 is 0 Å². The second-order valence-corrected chi connectivity index (χ2v) is 4.73. The quantitative estimate of drug-likeness (QED) is 0.612. The minimum atomic E-state index is -0.383. The molecule has 0 aromatic heterocycles. The molecule has 21 heavy (non-hydrogen) atoms. The van der Waals surface area contributed by atoms with Gasteiger partial charge in [-0.05, 0) is 37.1 Å². The lowest BCUT2D eigenvalue weighted by Gasteiger charge is -2.10. The molecule has 2 aromatic rings. The van der Waals surface area contributed by atoms with Gasteiger partial charge in [0, 0.05) is 35.7 Å². The highest BCUT2D eigenvalue weighted by molar-refractivity contribution is 5.68. The summed E-state index contributed by atoms with van der Waals surface area (Å²) in [6, 6.07) is 13.0. The van der Waals surface area contributed by atoms with Gasteiger partial charge in [-0.2, -0.15) is 0 Å². The normalized spacial score (nSPS) is 10.2. The molecule has 0 saturated carbocycles. The minimum absolute atomic E-state index is 0.0705. The SMILES string of the molecule is CCNc1cc(Nc2ccc(CC)cc2)cc([N+](=O)[O-])c1. The molecule has 5 heteroatoms. The van der Waals surface area contributed by atoms with Gasteiger partial charge < -0.3 is 10.6 Å². The van der Waals surface area contributed by atoms with E-state index in [1.807, 2.05) is 37.3 Å². The standard InChI is InChI=1S/C16H19N3O2/c1-3-12-5-7-13(8-6-12)18-15-9-14(17-4-2)10-16(11-15)19(20)21/h5-11,17-18H,3-4H2,1-2H3. The number of hydrogen-bond acceptors (Lipinski definition) is 4. The fraction of sp³-hybridized carbons (Fsp3) is 0.250. The number of nitrogens with zero attached hydrogens (tertiary/aromatic N) is 1. The summed E-state index contributed by atoms with van der Waals surface area (Å²) in [4.78, 5) is 10.6. The Hall–Kier alpha value is -2.56. The van der Waals surface area contributed by atoms with Crippen molar-refractivity contribution in [2.24, 2.45) is 0 Å². The van der Waals surface area contributed by atoms with Crippen molar-refractivity contribution in [1.82, 2.24) is 0 Å². The Morgan fingerprint density at radius 1 is 1.00 bits per heavy atom. The van der Waals surface area contributed by atoms with E-state index in [0.29, 0.717) is 12.2 Å². The first-order valence-electron chi connectivity index (χ1n) is 7.01. The topological polar surface area (TPSA) is 67.2 Å². The Morgan fingerprint density at radius 2 is 1.67 bits per heavy atom. The van der Waals surface area contributed by atoms with Crippen molar-refractivity contribution in [3.8, 4) is 0 Å². The number of rotatable bonds is 6. The lowest BCUT2D eigenvalue weighted by Crippen LogP contribution is -2.00. The summed E-state index contributed by atoms with van der Waals surface area (Å²) in [5.74, 6) is 0. The van der Waals surface area contributed by atoms with E-state index >= 15 is 0 Å². The molecule has 0 fully saturated rings. The molecule has 0 radical (unpaired) electrons. The molecule has 2 N–H and O–H groups in total. The molecule has 0 spiro atoms. The van der Waals surface area contributed by atoms with Crippen LogP contribution in [0.1, 0.15) is 19.4 Å². The Balaban J connectivity index is 2.26. The van der Waals surface area contributed by atoms with Crippen LogP contribution in [0.2, 0.25) is 0 Å². The highest BCUT2D eigenvalue weighted by Gasteiger charge is 2.09. The summed E-state index contributed by atoms with van der Waals surface area (Å²) >= 11 is 0. The summed E-state index contributed by atoms with van der Waals surface area (Å²) in [6.45, 7) is 4.77. The van der Waals surface area contributed by atoms with Crippen LogP contribution in [0.25, 0.3) is 0 Å². The largest absolute Gasteiger partial charge is 0.385 e. The molecule has 110 valence electrons. The number of anilines is 3. The van der Waals surface area contributed by atoms with Crippen LogP contribution in [0.15, 0.2) is 42.5 Å². The average Bonchev–Trinajstić information content (AvgIpc) is 2.48. The number of nitro groups is 1. The van der Waals surface area contributed by atoms with E-state index in [-0.39, 0.29) is 10.6 Å². The molecule has 0 bridgehead atoms. The first kappa shape index (κ1) is 14.8. The molecule has 0 aliphatic heterocycles. The molecule has 2 aromatic carbocycles. The van der Waals surface area contributed by atoms with Gasteiger partial charge in [-0.15, -0.1) is 0 Å². The molecular weight excluding hydrogens is 266 g/mol. The zero-order valence-corrected chi connectivity index (χ0v) is 12.2. The molecule has 2 rings (SSSR count). The van der Waals surface area contributed by atoms with Gasteiger partial charge in [0.1, 0.15) is 0 Å². The Bertz CT molecular complexity index is 624. The molecule has 0 aliphatic carbocycles. The molecule has 0 unspecified atom stereocenters. The van der Waals surface area contributed by atoms with Crippen LogP contribution in [-0.4, -0.2) is 11.5 Å². The second kappa shape index (κ2) is 6.74. The second-order valence-electron chi connectivity index (χ2n) is 4.73. The van der Waals surface area contributed by atoms with Gasteiger partial charge in [-0.25, -0.2) is 0 Å². The van der Waals surface area contributed by atoms with Crippen LogP contribution in [-0.2, 0) is 6.42 Å². The van der Waals surface area contributed by atoms with Crippen molar-refractivity contribution in [3.05, 3.63) is 58.1 Å². The summed E-state index contributed by atoms with van der Waals surface area (Å²) in [6.07, 6.45) is 0.988. The van der Waals surface area contributed by atoms with Crippen molar-refractivity contribution in [1.29, 1.82) is 0 Å². The highest BCUT2D eigenvalue weighted by Crippen LogP contribution is 2.27. The van der Waals surface area contributed by atoms with E-state index in [2.05, 4.69) is 17.6 Å². The minimum Gasteiger partial charge on any atom is -0.385 e. The monoisotopic (exact) mass is 285 g/mol. The Labute approximate surface area is 124 Å². The fourth-order valence-electron chi connectivity index (χ4n) is 2.09. The van der Waals surface area contributed by atoms with Crippen LogP contribution < -0.4 is 10.6 Å². The lowest BCUT2D eigenvalue weighted by atomic mass is 10.1. The first-order chi connectivity index (χ1) is 10.1. The van der Waals surface area contributed by atoms with E-state index in [4.69, 9.17) is 0 Å². The van der Waals surface area contributed by atoms with Crippen LogP contribution in [0.3, 0.4) is 0 Å². The predicted molar refractivity (Wildman–Crippen MR) is 86.4 cm³/mol. The van der Waals surface area contributed by atoms with Gasteiger partial charge in [-0.3, -0.25) is 10.1 Å². The van der Waals surface area contributed by atoms with Gasteiger partial charge in [-0.1, -0.05) is 19.1 Å². The maximum absolute atomic E-state index is 11.0. The zero-order valence-electron chi connectivity index (χ0n) is 12.2. The third-order valence-corrected chi connectivity index (χ3v) is 3.16. The molecule has 0 atom stereocenters. The molecule has 0 heterocycles. The number of nitro benzene ring substituents is 1. The predicted octanol–water partition coefficient (Wildman–Crippen LogP) is 4.33. The third-order valence-electron chi connectivity index (χ3n) is 3.16. The lowest BCUT2D eigenvalue weighted by molar-refractivity contribution is -0.384. The third kappa shape index (κ3) is 3.95. The van der Waals surface area contributed by atoms with Crippen LogP contribution in [0.4, 0.5) is 22.7 Å². The van der Waals surface area contributed by atoms with Gasteiger partial charge in [0.2, 0.25) is 0 Å². The van der Waals surface area contributed by atoms with E-state index in [0.717, 1.165) is 17.8 Å². The van der Waals surface area contributed by atoms with Gasteiger partial charge in [0.05, 0.1) is 4.92 Å². The van der Waals surface area contributed by atoms with Crippen molar-refractivity contribution in [3.63, 3.8) is 0 Å². The number of nitrogens with one attached hydrogen (secondary N) is 2. The van der Waals surface area contributed by atoms with E-state index in [9.17, 15) is 10.1 Å². The van der Waals surface area contributed by atoms with Gasteiger partial charge >= 0.3 is 0 Å². The smallest absolute Gasteiger partial charge is 0.273 e. The van der Waals surface area contributed by atoms with Crippen molar-refractivity contribution in [2.45, 2.75) is 20.3 Å². The van der Waals surface area contributed by atoms with Crippen molar-refractivity contribution < 1.29 is 4.92 Å². The Morgan fingerprint density at radius 3 is 2.24 bits per heavy atom. The molecule has 0 amide bonds. The number of non-ortho nitro benzene ring substituents is 1. The number of hydrogen-bond donors (Lipinski definition) is 2. The summed E-state index contributed by atoms with van der Waals surface area (Å²) in [5.41, 5.74) is 3.67. The summed E-state index contributed by atoms with van der Waals surface area (Å²) < 4.78 is 0. The zero-order chi connectivity index (χ0) is 15.2. The molecular formula is C16H19N3O2. The van der Waals surface area contributed by atoms with Gasteiger partial charge in [0.15, 0.2) is 0 Å². The number of aryl methyl sites for hydroxylation is 1. The molecule has 0 saturated heterocycles. The van der Waals surface area contributed by atoms with E-state index in [1.165, 1.54) is 17.7 Å². The summed E-state index contributed by atoms with van der Waals surface area (Å²) in [7, 11) is 0. The Kier molecular flexibility index (Phi) is 4.77. The summed E-state index contributed by atoms with van der Waals surface area (Å²) in [5, 5.41) is 17.3. The maximum Gasteiger partial charge on any atom is 0.273 e. The number of benzene rings is 2. The van der Waals surface area contributed by atoms with Crippen molar-refractivity contribution in [2.75, 3.05) is 17.2 Å². The first-order valence-corrected chi connectivity index (χ1v) is 7.01. The fourth-order valence-corrected chi connectivity index (χ4v) is 2.09. The van der Waals surface area contributed by atoms with Gasteiger partial charge in [0.25, 0.3) is 5.69 Å². The van der Waals surface area contributed by atoms with Crippen molar-refractivity contribution >= 4 is 22.7 Å². The van der Waals surface area contributed by atoms with Crippen LogP contribution in [0, 0.1) is 10.1 Å². The van der Waals surface area contributed by atoms with Crippen LogP contribution in [0.5, 0.6) is 0 Å².